The van der Waals surface area contributed by atoms with Crippen LogP contribution in [0.3, 0.4) is 0 Å². The minimum atomic E-state index is -0.707. The number of rotatable bonds is 1. The van der Waals surface area contributed by atoms with Gasteiger partial charge in [-0.15, -0.1) is 0 Å². The fourth-order valence-corrected chi connectivity index (χ4v) is 0.846. The average Bonchev–Trinajstić information content (AvgIpc) is 1.88. The molecular formula is C8H11BO. The van der Waals surface area contributed by atoms with Gasteiger partial charge in [-0.3, -0.25) is 0 Å². The Morgan fingerprint density at radius 1 is 1.40 bits per heavy atom. The van der Waals surface area contributed by atoms with E-state index >= 15 is 0 Å². The molecule has 0 aliphatic heterocycles. The zero-order valence-electron chi connectivity index (χ0n) is 6.33. The standard InChI is InChI=1S/C8H11BO/c1-8(2,10)7-5-3-4-6-9-7/h3-6,10H,1-2H3. The molecule has 0 aliphatic carbocycles. The summed E-state index contributed by atoms with van der Waals surface area (Å²) in [6.07, 6.45) is 0. The van der Waals surface area contributed by atoms with Crippen LogP contribution < -0.4 is 0 Å². The van der Waals surface area contributed by atoms with Gasteiger partial charge in [0.15, 0.2) is 0 Å². The molecule has 1 N–H and O–H groups in total. The van der Waals surface area contributed by atoms with E-state index in [1.807, 2.05) is 31.1 Å². The van der Waals surface area contributed by atoms with Gasteiger partial charge >= 0.3 is 61.1 Å². The topological polar surface area (TPSA) is 20.2 Å². The van der Waals surface area contributed by atoms with Crippen molar-refractivity contribution in [2.45, 2.75) is 19.4 Å². The summed E-state index contributed by atoms with van der Waals surface area (Å²) in [6, 6.07) is 5.78. The fourth-order valence-electron chi connectivity index (χ4n) is 0.846. The Hall–Kier alpha value is -0.625. The summed E-state index contributed by atoms with van der Waals surface area (Å²) in [4.78, 5) is 0. The van der Waals surface area contributed by atoms with E-state index in [0.29, 0.717) is 0 Å². The minimum absolute atomic E-state index is 0.707. The van der Waals surface area contributed by atoms with Gasteiger partial charge in [-0.05, 0) is 0 Å². The third-order valence-corrected chi connectivity index (χ3v) is 1.48. The van der Waals surface area contributed by atoms with Crippen molar-refractivity contribution in [3.63, 3.8) is 0 Å². The van der Waals surface area contributed by atoms with Crippen LogP contribution in [-0.2, 0) is 5.60 Å². The third kappa shape index (κ3) is 1.68. The molecule has 1 nitrogen and oxygen atoms in total. The second-order valence-corrected chi connectivity index (χ2v) is 2.93. The van der Waals surface area contributed by atoms with Crippen LogP contribution in [0.15, 0.2) is 24.2 Å². The molecule has 0 radical (unpaired) electrons. The van der Waals surface area contributed by atoms with Gasteiger partial charge < -0.3 is 0 Å². The molecule has 2 heteroatoms. The molecule has 0 unspecified atom stereocenters. The summed E-state index contributed by atoms with van der Waals surface area (Å²) in [6.45, 7) is 5.48. The summed E-state index contributed by atoms with van der Waals surface area (Å²) >= 11 is 0. The van der Waals surface area contributed by atoms with E-state index < -0.39 is 5.60 Å². The van der Waals surface area contributed by atoms with Crippen molar-refractivity contribution < 1.29 is 5.11 Å². The summed E-state index contributed by atoms with van der Waals surface area (Å²) in [5.41, 5.74) is 0.247. The molecular weight excluding hydrogens is 123 g/mol. The Bertz CT molecular complexity index is 200. The summed E-state index contributed by atoms with van der Waals surface area (Å²) in [7, 11) is 0. The molecule has 0 aromatic carbocycles. The van der Waals surface area contributed by atoms with Crippen molar-refractivity contribution in [3.05, 3.63) is 29.6 Å². The zero-order valence-corrected chi connectivity index (χ0v) is 6.33. The molecule has 1 aromatic heterocycles. The molecule has 0 fully saturated rings. The molecule has 1 aromatic rings. The van der Waals surface area contributed by atoms with Crippen LogP contribution in [0.4, 0.5) is 0 Å². The Labute approximate surface area is 61.9 Å². The molecule has 0 saturated carbocycles. The van der Waals surface area contributed by atoms with Gasteiger partial charge in [-0.1, -0.05) is 0 Å². The van der Waals surface area contributed by atoms with Crippen LogP contribution in [-0.4, -0.2) is 12.0 Å². The zero-order chi connectivity index (χ0) is 7.61. The summed E-state index contributed by atoms with van der Waals surface area (Å²) in [5.74, 6) is 1.92. The van der Waals surface area contributed by atoms with Crippen LogP contribution in [0, 0.1) is 0 Å². The van der Waals surface area contributed by atoms with Gasteiger partial charge in [0.25, 0.3) is 0 Å². The number of hydrogen-bond acceptors (Lipinski definition) is 1. The van der Waals surface area contributed by atoms with Gasteiger partial charge in [0.05, 0.1) is 0 Å². The second kappa shape index (κ2) is 2.55. The van der Waals surface area contributed by atoms with Crippen molar-refractivity contribution >= 4 is 6.91 Å². The van der Waals surface area contributed by atoms with Crippen LogP contribution in [0.5, 0.6) is 0 Å². The number of aliphatic hydroxyl groups is 1. The molecule has 52 valence electrons. The van der Waals surface area contributed by atoms with Crippen LogP contribution >= 0.6 is 0 Å². The summed E-state index contributed by atoms with van der Waals surface area (Å²) in [5, 5.41) is 9.49. The van der Waals surface area contributed by atoms with E-state index in [0.717, 1.165) is 5.46 Å². The van der Waals surface area contributed by atoms with E-state index in [9.17, 15) is 5.11 Å². The van der Waals surface area contributed by atoms with E-state index in [1.165, 1.54) is 0 Å². The molecule has 0 aliphatic rings. The quantitative estimate of drug-likeness (QED) is 0.612. The van der Waals surface area contributed by atoms with Gasteiger partial charge in [0.1, 0.15) is 0 Å². The van der Waals surface area contributed by atoms with Crippen LogP contribution in [0.1, 0.15) is 19.3 Å². The molecule has 0 saturated heterocycles. The average molecular weight is 134 g/mol. The summed E-state index contributed by atoms with van der Waals surface area (Å²) < 4.78 is 0. The SMILES string of the molecule is CC(C)(O)c1bcccc1. The Morgan fingerprint density at radius 3 is 2.40 bits per heavy atom. The van der Waals surface area contributed by atoms with E-state index in [2.05, 4.69) is 0 Å². The Morgan fingerprint density at radius 2 is 2.10 bits per heavy atom. The Balaban J connectivity index is 2.97. The second-order valence-electron chi connectivity index (χ2n) is 2.93. The predicted molar refractivity (Wildman–Crippen MR) is 43.0 cm³/mol. The maximum atomic E-state index is 9.49. The third-order valence-electron chi connectivity index (χ3n) is 1.48. The first-order chi connectivity index (χ1) is 4.61. The first-order valence-electron chi connectivity index (χ1n) is 3.38. The molecule has 1 heterocycles. The Kier molecular flexibility index (Phi) is 1.91. The van der Waals surface area contributed by atoms with Crippen molar-refractivity contribution in [1.82, 2.24) is 0 Å². The first-order valence-corrected chi connectivity index (χ1v) is 3.38. The molecule has 0 bridgehead atoms. The molecule has 0 atom stereocenters. The fraction of sp³-hybridized carbons (Fsp3) is 0.375. The number of hydrogen-bond donors (Lipinski definition) is 1. The van der Waals surface area contributed by atoms with Crippen molar-refractivity contribution in [2.24, 2.45) is 0 Å². The normalized spacial score (nSPS) is 11.1. The molecule has 10 heavy (non-hydrogen) atoms. The van der Waals surface area contributed by atoms with Crippen molar-refractivity contribution in [1.29, 1.82) is 0 Å². The van der Waals surface area contributed by atoms with Gasteiger partial charge in [-0.2, -0.15) is 0 Å². The van der Waals surface area contributed by atoms with Crippen LogP contribution in [0.2, 0.25) is 0 Å². The molecule has 0 spiro atoms. The first kappa shape index (κ1) is 7.48. The molecule has 0 amide bonds. The van der Waals surface area contributed by atoms with Crippen molar-refractivity contribution in [2.75, 3.05) is 0 Å². The van der Waals surface area contributed by atoms with Gasteiger partial charge in [0.2, 0.25) is 0 Å². The van der Waals surface area contributed by atoms with E-state index in [1.54, 1.807) is 13.8 Å². The van der Waals surface area contributed by atoms with Gasteiger partial charge in [0, 0.05) is 0 Å². The molecule has 1 rings (SSSR count). The predicted octanol–water partition coefficient (Wildman–Crippen LogP) is 1.25. The van der Waals surface area contributed by atoms with Crippen LogP contribution in [0.25, 0.3) is 0 Å². The maximum absolute atomic E-state index is 9.49. The van der Waals surface area contributed by atoms with Crippen molar-refractivity contribution in [3.8, 4) is 0 Å². The van der Waals surface area contributed by atoms with Gasteiger partial charge in [-0.25, -0.2) is 0 Å². The van der Waals surface area contributed by atoms with E-state index in [-0.39, 0.29) is 0 Å². The van der Waals surface area contributed by atoms with E-state index in [4.69, 9.17) is 0 Å². The monoisotopic (exact) mass is 134 g/mol.